The molecular formula is C10H13N. The summed E-state index contributed by atoms with van der Waals surface area (Å²) in [4.78, 5) is 0. The van der Waals surface area contributed by atoms with Gasteiger partial charge in [-0.05, 0) is 12.0 Å². The van der Waals surface area contributed by atoms with Crippen molar-refractivity contribution in [1.29, 1.82) is 0 Å². The SMILES string of the molecule is C[C@]1(c2ccccc2)C[C@@H]1N. The Hall–Kier alpha value is -0.820. The Kier molecular flexibility index (Phi) is 1.30. The Labute approximate surface area is 67.2 Å². The van der Waals surface area contributed by atoms with Crippen LogP contribution in [0.3, 0.4) is 0 Å². The van der Waals surface area contributed by atoms with Crippen LogP contribution in [0.15, 0.2) is 30.3 Å². The summed E-state index contributed by atoms with van der Waals surface area (Å²) in [6, 6.07) is 10.9. The zero-order valence-electron chi connectivity index (χ0n) is 6.75. The molecule has 1 fully saturated rings. The first-order chi connectivity index (χ1) is 5.23. The van der Waals surface area contributed by atoms with Crippen LogP contribution in [0.5, 0.6) is 0 Å². The molecule has 0 radical (unpaired) electrons. The number of rotatable bonds is 1. The zero-order valence-corrected chi connectivity index (χ0v) is 6.75. The molecule has 58 valence electrons. The number of benzene rings is 1. The highest BCUT2D eigenvalue weighted by Gasteiger charge is 2.48. The van der Waals surface area contributed by atoms with Gasteiger partial charge in [0.15, 0.2) is 0 Å². The second kappa shape index (κ2) is 2.08. The van der Waals surface area contributed by atoms with Crippen LogP contribution in [0.4, 0.5) is 0 Å². The van der Waals surface area contributed by atoms with Crippen molar-refractivity contribution in [3.63, 3.8) is 0 Å². The molecule has 0 aliphatic heterocycles. The first kappa shape index (κ1) is 6.86. The minimum absolute atomic E-state index is 0.279. The standard InChI is InChI=1S/C10H13N/c1-10(7-9(10)11)8-5-3-2-4-6-8/h2-6,9H,7,11H2,1H3/t9-,10+/m0/s1. The van der Waals surface area contributed by atoms with Gasteiger partial charge in [0.25, 0.3) is 0 Å². The minimum Gasteiger partial charge on any atom is -0.327 e. The molecule has 2 atom stereocenters. The molecule has 1 aliphatic carbocycles. The molecule has 1 aliphatic rings. The fourth-order valence-corrected chi connectivity index (χ4v) is 1.55. The van der Waals surface area contributed by atoms with Gasteiger partial charge in [-0.2, -0.15) is 0 Å². The van der Waals surface area contributed by atoms with Crippen molar-refractivity contribution in [2.75, 3.05) is 0 Å². The smallest absolute Gasteiger partial charge is 0.0143 e. The molecule has 0 amide bonds. The van der Waals surface area contributed by atoms with Gasteiger partial charge in [0.2, 0.25) is 0 Å². The lowest BCUT2D eigenvalue weighted by atomic mass is 9.98. The molecule has 2 rings (SSSR count). The van der Waals surface area contributed by atoms with Gasteiger partial charge in [0.1, 0.15) is 0 Å². The summed E-state index contributed by atoms with van der Waals surface area (Å²) in [6.45, 7) is 2.23. The van der Waals surface area contributed by atoms with Gasteiger partial charge in [-0.25, -0.2) is 0 Å². The quantitative estimate of drug-likeness (QED) is 0.642. The molecule has 0 aromatic heterocycles. The van der Waals surface area contributed by atoms with Crippen LogP contribution in [0.25, 0.3) is 0 Å². The van der Waals surface area contributed by atoms with Crippen LogP contribution < -0.4 is 5.73 Å². The number of hydrogen-bond donors (Lipinski definition) is 1. The van der Waals surface area contributed by atoms with Crippen molar-refractivity contribution in [2.45, 2.75) is 24.8 Å². The van der Waals surface area contributed by atoms with Crippen molar-refractivity contribution in [3.05, 3.63) is 35.9 Å². The van der Waals surface area contributed by atoms with E-state index >= 15 is 0 Å². The van der Waals surface area contributed by atoms with E-state index in [2.05, 4.69) is 31.2 Å². The fraction of sp³-hybridized carbons (Fsp3) is 0.400. The predicted octanol–water partition coefficient (Wildman–Crippen LogP) is 1.68. The number of nitrogens with two attached hydrogens (primary N) is 1. The Morgan fingerprint density at radius 1 is 1.36 bits per heavy atom. The summed E-state index contributed by atoms with van der Waals surface area (Å²) < 4.78 is 0. The first-order valence-corrected chi connectivity index (χ1v) is 4.04. The van der Waals surface area contributed by atoms with Gasteiger partial charge in [0, 0.05) is 11.5 Å². The Morgan fingerprint density at radius 2 is 1.91 bits per heavy atom. The zero-order chi connectivity index (χ0) is 7.90. The molecule has 0 unspecified atom stereocenters. The maximum absolute atomic E-state index is 5.83. The van der Waals surface area contributed by atoms with Crippen LogP contribution >= 0.6 is 0 Å². The summed E-state index contributed by atoms with van der Waals surface area (Å²) in [5.74, 6) is 0. The molecule has 1 heteroatoms. The lowest BCUT2D eigenvalue weighted by Crippen LogP contribution is -2.14. The summed E-state index contributed by atoms with van der Waals surface area (Å²) in [6.07, 6.45) is 1.14. The third-order valence-electron chi connectivity index (χ3n) is 2.74. The average molecular weight is 147 g/mol. The van der Waals surface area contributed by atoms with Crippen molar-refractivity contribution in [3.8, 4) is 0 Å². The van der Waals surface area contributed by atoms with Crippen LogP contribution in [0.1, 0.15) is 18.9 Å². The normalized spacial score (nSPS) is 35.3. The summed E-state index contributed by atoms with van der Waals surface area (Å²) in [5.41, 5.74) is 7.49. The van der Waals surface area contributed by atoms with E-state index in [9.17, 15) is 0 Å². The average Bonchev–Trinajstić information content (AvgIpc) is 2.64. The molecule has 0 saturated heterocycles. The maximum atomic E-state index is 5.83. The molecule has 2 N–H and O–H groups in total. The molecule has 0 bridgehead atoms. The lowest BCUT2D eigenvalue weighted by Gasteiger charge is -2.08. The van der Waals surface area contributed by atoms with Crippen molar-refractivity contribution >= 4 is 0 Å². The highest BCUT2D eigenvalue weighted by atomic mass is 14.8. The topological polar surface area (TPSA) is 26.0 Å². The predicted molar refractivity (Wildman–Crippen MR) is 46.4 cm³/mol. The van der Waals surface area contributed by atoms with Crippen LogP contribution in [0.2, 0.25) is 0 Å². The summed E-state index contributed by atoms with van der Waals surface area (Å²) in [7, 11) is 0. The van der Waals surface area contributed by atoms with E-state index in [1.807, 2.05) is 6.07 Å². The molecule has 0 heterocycles. The van der Waals surface area contributed by atoms with Gasteiger partial charge in [0.05, 0.1) is 0 Å². The van der Waals surface area contributed by atoms with Gasteiger partial charge < -0.3 is 5.73 Å². The third-order valence-corrected chi connectivity index (χ3v) is 2.74. The summed E-state index contributed by atoms with van der Waals surface area (Å²) >= 11 is 0. The van der Waals surface area contributed by atoms with E-state index in [0.29, 0.717) is 6.04 Å². The first-order valence-electron chi connectivity index (χ1n) is 4.04. The van der Waals surface area contributed by atoms with Gasteiger partial charge >= 0.3 is 0 Å². The van der Waals surface area contributed by atoms with E-state index < -0.39 is 0 Å². The van der Waals surface area contributed by atoms with Crippen molar-refractivity contribution in [1.82, 2.24) is 0 Å². The van der Waals surface area contributed by atoms with E-state index in [1.54, 1.807) is 0 Å². The van der Waals surface area contributed by atoms with Crippen LogP contribution in [0, 0.1) is 0 Å². The lowest BCUT2D eigenvalue weighted by molar-refractivity contribution is 0.741. The Balaban J connectivity index is 2.32. The van der Waals surface area contributed by atoms with Gasteiger partial charge in [-0.15, -0.1) is 0 Å². The molecule has 1 saturated carbocycles. The highest BCUT2D eigenvalue weighted by molar-refractivity contribution is 5.34. The van der Waals surface area contributed by atoms with Crippen LogP contribution in [-0.2, 0) is 5.41 Å². The molecule has 1 aromatic rings. The second-order valence-corrected chi connectivity index (χ2v) is 3.59. The molecule has 0 spiro atoms. The monoisotopic (exact) mass is 147 g/mol. The Bertz CT molecular complexity index is 255. The molecular weight excluding hydrogens is 134 g/mol. The molecule has 1 nitrogen and oxygen atoms in total. The fourth-order valence-electron chi connectivity index (χ4n) is 1.55. The van der Waals surface area contributed by atoms with Crippen LogP contribution in [-0.4, -0.2) is 6.04 Å². The third kappa shape index (κ3) is 0.962. The highest BCUT2D eigenvalue weighted by Crippen LogP contribution is 2.46. The van der Waals surface area contributed by atoms with Crippen molar-refractivity contribution < 1.29 is 0 Å². The largest absolute Gasteiger partial charge is 0.327 e. The second-order valence-electron chi connectivity index (χ2n) is 3.59. The van der Waals surface area contributed by atoms with E-state index in [4.69, 9.17) is 5.73 Å². The Morgan fingerprint density at radius 3 is 2.36 bits per heavy atom. The summed E-state index contributed by atoms with van der Waals surface area (Å²) in [5, 5.41) is 0. The van der Waals surface area contributed by atoms with E-state index in [0.717, 1.165) is 6.42 Å². The van der Waals surface area contributed by atoms with Gasteiger partial charge in [-0.3, -0.25) is 0 Å². The van der Waals surface area contributed by atoms with Gasteiger partial charge in [-0.1, -0.05) is 37.3 Å². The maximum Gasteiger partial charge on any atom is 0.0143 e. The van der Waals surface area contributed by atoms with E-state index in [-0.39, 0.29) is 5.41 Å². The molecule has 1 aromatic carbocycles. The van der Waals surface area contributed by atoms with Crippen molar-refractivity contribution in [2.24, 2.45) is 5.73 Å². The minimum atomic E-state index is 0.279. The van der Waals surface area contributed by atoms with E-state index in [1.165, 1.54) is 5.56 Å². The molecule has 11 heavy (non-hydrogen) atoms. The number of hydrogen-bond acceptors (Lipinski definition) is 1.